The van der Waals surface area contributed by atoms with Gasteiger partial charge in [0.05, 0.1) is 7.11 Å². The molecule has 3 aliphatic carbocycles. The molecule has 0 aromatic heterocycles. The van der Waals surface area contributed by atoms with Gasteiger partial charge in [-0.05, 0) is 91.4 Å². The summed E-state index contributed by atoms with van der Waals surface area (Å²) in [6.07, 6.45) is 9.27. The molecule has 2 saturated carbocycles. The molecule has 2 fully saturated rings. The van der Waals surface area contributed by atoms with E-state index < -0.39 is 0 Å². The van der Waals surface area contributed by atoms with E-state index in [1.807, 2.05) is 0 Å². The van der Waals surface area contributed by atoms with E-state index in [2.05, 4.69) is 45.0 Å². The standard InChI is InChI=1S/C22H30O/c1-5-15-6-9-21-20-12-14(2)19-13-16(23-4)7-8-17(19)18(20)10-11-22(15,21)3/h5,7-8,13-14,18,20-21H,6,9-12H2,1-4H3/t14-,18+,20+,21-,22+/m0/s1. The van der Waals surface area contributed by atoms with E-state index in [0.717, 1.165) is 23.5 Å². The van der Waals surface area contributed by atoms with Crippen LogP contribution in [0.15, 0.2) is 29.8 Å². The van der Waals surface area contributed by atoms with Crippen LogP contribution in [0.5, 0.6) is 5.75 Å². The molecule has 0 amide bonds. The Morgan fingerprint density at radius 3 is 2.78 bits per heavy atom. The molecule has 0 heterocycles. The van der Waals surface area contributed by atoms with Gasteiger partial charge in [-0.1, -0.05) is 31.6 Å². The van der Waals surface area contributed by atoms with E-state index in [4.69, 9.17) is 4.74 Å². The van der Waals surface area contributed by atoms with Crippen LogP contribution in [-0.2, 0) is 0 Å². The second-order valence-electron chi connectivity index (χ2n) is 8.32. The van der Waals surface area contributed by atoms with Crippen LogP contribution < -0.4 is 4.74 Å². The second-order valence-corrected chi connectivity index (χ2v) is 8.32. The largest absolute Gasteiger partial charge is 0.497 e. The Hall–Kier alpha value is -1.24. The topological polar surface area (TPSA) is 9.23 Å². The lowest BCUT2D eigenvalue weighted by Gasteiger charge is -2.51. The van der Waals surface area contributed by atoms with Gasteiger partial charge < -0.3 is 4.74 Å². The molecule has 0 spiro atoms. The summed E-state index contributed by atoms with van der Waals surface area (Å²) in [7, 11) is 1.78. The molecule has 1 heteroatoms. The van der Waals surface area contributed by atoms with Crippen molar-refractivity contribution in [1.29, 1.82) is 0 Å². The monoisotopic (exact) mass is 310 g/mol. The third-order valence-corrected chi connectivity index (χ3v) is 7.48. The van der Waals surface area contributed by atoms with E-state index in [1.54, 1.807) is 23.8 Å². The Kier molecular flexibility index (Phi) is 3.59. The van der Waals surface area contributed by atoms with E-state index in [1.165, 1.54) is 32.1 Å². The Morgan fingerprint density at radius 1 is 1.22 bits per heavy atom. The smallest absolute Gasteiger partial charge is 0.119 e. The van der Waals surface area contributed by atoms with Crippen LogP contribution in [0.4, 0.5) is 0 Å². The van der Waals surface area contributed by atoms with Gasteiger partial charge in [-0.2, -0.15) is 0 Å². The zero-order valence-electron chi connectivity index (χ0n) is 15.1. The summed E-state index contributed by atoms with van der Waals surface area (Å²) in [6, 6.07) is 6.85. The van der Waals surface area contributed by atoms with Crippen LogP contribution in [0.2, 0.25) is 0 Å². The third-order valence-electron chi connectivity index (χ3n) is 7.48. The van der Waals surface area contributed by atoms with E-state index in [0.29, 0.717) is 11.3 Å². The molecule has 0 unspecified atom stereocenters. The summed E-state index contributed by atoms with van der Waals surface area (Å²) in [6.45, 7) is 7.23. The average molecular weight is 310 g/mol. The van der Waals surface area contributed by atoms with E-state index in [-0.39, 0.29) is 0 Å². The SMILES string of the molecule is CC=C1CC[C@H]2[C@@H]3C[C@H](C)c4cc(OC)ccc4[C@H]3CC[C@]12C. The highest BCUT2D eigenvalue weighted by atomic mass is 16.5. The maximum absolute atomic E-state index is 5.47. The normalized spacial score (nSPS) is 40.4. The van der Waals surface area contributed by atoms with Gasteiger partial charge in [-0.15, -0.1) is 0 Å². The predicted octanol–water partition coefficient (Wildman–Crippen LogP) is 6.06. The number of ether oxygens (including phenoxy) is 1. The lowest BCUT2D eigenvalue weighted by atomic mass is 9.54. The van der Waals surface area contributed by atoms with Crippen LogP contribution in [0.25, 0.3) is 0 Å². The van der Waals surface area contributed by atoms with Gasteiger partial charge in [0.15, 0.2) is 0 Å². The molecule has 0 radical (unpaired) electrons. The van der Waals surface area contributed by atoms with Crippen LogP contribution in [0, 0.1) is 17.3 Å². The lowest BCUT2D eigenvalue weighted by Crippen LogP contribution is -2.40. The van der Waals surface area contributed by atoms with Crippen LogP contribution >= 0.6 is 0 Å². The minimum absolute atomic E-state index is 0.486. The van der Waals surface area contributed by atoms with Crippen LogP contribution in [0.3, 0.4) is 0 Å². The van der Waals surface area contributed by atoms with E-state index >= 15 is 0 Å². The van der Waals surface area contributed by atoms with Crippen molar-refractivity contribution >= 4 is 0 Å². The first-order valence-electron chi connectivity index (χ1n) is 9.42. The number of hydrogen-bond donors (Lipinski definition) is 0. The molecule has 1 aromatic rings. The summed E-state index contributed by atoms with van der Waals surface area (Å²) >= 11 is 0. The molecule has 1 aromatic carbocycles. The average Bonchev–Trinajstić information content (AvgIpc) is 2.91. The quantitative estimate of drug-likeness (QED) is 0.573. The van der Waals surface area contributed by atoms with Crippen molar-refractivity contribution in [2.75, 3.05) is 7.11 Å². The minimum atomic E-state index is 0.486. The first kappa shape index (κ1) is 15.3. The summed E-state index contributed by atoms with van der Waals surface area (Å²) in [4.78, 5) is 0. The zero-order valence-corrected chi connectivity index (χ0v) is 15.1. The fourth-order valence-corrected chi connectivity index (χ4v) is 6.30. The highest BCUT2D eigenvalue weighted by molar-refractivity contribution is 5.43. The molecular formula is C22H30O. The van der Waals surface area contributed by atoms with Crippen LogP contribution in [0.1, 0.15) is 75.8 Å². The van der Waals surface area contributed by atoms with E-state index in [9.17, 15) is 0 Å². The summed E-state index contributed by atoms with van der Waals surface area (Å²) in [5, 5.41) is 0. The van der Waals surface area contributed by atoms with Gasteiger partial charge in [0.1, 0.15) is 5.75 Å². The Labute approximate surface area is 141 Å². The van der Waals surface area contributed by atoms with Gasteiger partial charge in [-0.25, -0.2) is 0 Å². The summed E-state index contributed by atoms with van der Waals surface area (Å²) < 4.78 is 5.47. The highest BCUT2D eigenvalue weighted by Crippen LogP contribution is 2.64. The first-order valence-corrected chi connectivity index (χ1v) is 9.42. The number of methoxy groups -OCH3 is 1. The maximum atomic E-state index is 5.47. The number of hydrogen-bond acceptors (Lipinski definition) is 1. The highest BCUT2D eigenvalue weighted by Gasteiger charge is 2.52. The van der Waals surface area contributed by atoms with Gasteiger partial charge >= 0.3 is 0 Å². The van der Waals surface area contributed by atoms with Crippen molar-refractivity contribution in [2.24, 2.45) is 17.3 Å². The fraction of sp³-hybridized carbons (Fsp3) is 0.636. The van der Waals surface area contributed by atoms with Gasteiger partial charge in [-0.3, -0.25) is 0 Å². The van der Waals surface area contributed by atoms with Gasteiger partial charge in [0.2, 0.25) is 0 Å². The van der Waals surface area contributed by atoms with Crippen molar-refractivity contribution in [3.05, 3.63) is 41.0 Å². The molecule has 4 rings (SSSR count). The maximum Gasteiger partial charge on any atom is 0.119 e. The Morgan fingerprint density at radius 2 is 2.04 bits per heavy atom. The molecule has 124 valence electrons. The van der Waals surface area contributed by atoms with Crippen molar-refractivity contribution in [1.82, 2.24) is 0 Å². The molecule has 0 saturated heterocycles. The van der Waals surface area contributed by atoms with Crippen molar-refractivity contribution < 1.29 is 4.74 Å². The van der Waals surface area contributed by atoms with Gasteiger partial charge in [0.25, 0.3) is 0 Å². The fourth-order valence-electron chi connectivity index (χ4n) is 6.30. The molecule has 1 nitrogen and oxygen atoms in total. The molecule has 0 bridgehead atoms. The van der Waals surface area contributed by atoms with Crippen molar-refractivity contribution in [2.45, 2.75) is 64.7 Å². The first-order chi connectivity index (χ1) is 11.1. The lowest BCUT2D eigenvalue weighted by molar-refractivity contribution is 0.0756. The third kappa shape index (κ3) is 2.12. The van der Waals surface area contributed by atoms with Crippen LogP contribution in [-0.4, -0.2) is 7.11 Å². The number of benzene rings is 1. The van der Waals surface area contributed by atoms with Gasteiger partial charge in [0, 0.05) is 0 Å². The molecule has 23 heavy (non-hydrogen) atoms. The second kappa shape index (κ2) is 5.40. The number of allylic oxidation sites excluding steroid dienone is 2. The molecule has 3 aliphatic rings. The molecule has 5 atom stereocenters. The Balaban J connectivity index is 1.73. The number of fused-ring (bicyclic) bond motifs is 5. The Bertz CT molecular complexity index is 643. The zero-order chi connectivity index (χ0) is 16.2. The predicted molar refractivity (Wildman–Crippen MR) is 96.1 cm³/mol. The van der Waals surface area contributed by atoms with Crippen molar-refractivity contribution in [3.63, 3.8) is 0 Å². The summed E-state index contributed by atoms with van der Waals surface area (Å²) in [5.41, 5.74) is 5.41. The summed E-state index contributed by atoms with van der Waals surface area (Å²) in [5.74, 6) is 4.23. The molecule has 0 aliphatic heterocycles. The minimum Gasteiger partial charge on any atom is -0.497 e. The number of rotatable bonds is 1. The van der Waals surface area contributed by atoms with Crippen molar-refractivity contribution in [3.8, 4) is 5.75 Å². The molecule has 0 N–H and O–H groups in total. The molecular weight excluding hydrogens is 280 g/mol.